The molecule has 0 aliphatic heterocycles. The van der Waals surface area contributed by atoms with E-state index in [2.05, 4.69) is 10.6 Å². The molecule has 0 bridgehead atoms. The molecule has 0 fully saturated rings. The SMILES string of the molecule is CN(C)S(=O)(=O)c1cccc(C(=O)CNc2c(C(=O)Nc3cccc(Cl)c3)oc3ccccc23)c1. The number of Topliss-reactive ketones (excluding diaryl/α,β-unsaturated/α-hetero) is 1. The molecule has 180 valence electrons. The van der Waals surface area contributed by atoms with Crippen LogP contribution < -0.4 is 10.6 Å². The molecule has 35 heavy (non-hydrogen) atoms. The number of ketones is 1. The van der Waals surface area contributed by atoms with E-state index in [9.17, 15) is 18.0 Å². The van der Waals surface area contributed by atoms with Gasteiger partial charge in [0.25, 0.3) is 5.91 Å². The molecule has 3 aromatic carbocycles. The first kappa shape index (κ1) is 24.5. The molecule has 8 nitrogen and oxygen atoms in total. The topological polar surface area (TPSA) is 109 Å². The predicted molar refractivity (Wildman–Crippen MR) is 136 cm³/mol. The van der Waals surface area contributed by atoms with Crippen molar-refractivity contribution in [1.29, 1.82) is 0 Å². The fraction of sp³-hybridized carbons (Fsp3) is 0.120. The van der Waals surface area contributed by atoms with Gasteiger partial charge in [-0.2, -0.15) is 0 Å². The van der Waals surface area contributed by atoms with Gasteiger partial charge in [0.15, 0.2) is 5.78 Å². The number of nitrogens with one attached hydrogen (secondary N) is 2. The van der Waals surface area contributed by atoms with Gasteiger partial charge >= 0.3 is 0 Å². The minimum Gasteiger partial charge on any atom is -0.449 e. The number of sulfonamides is 1. The summed E-state index contributed by atoms with van der Waals surface area (Å²) in [5, 5.41) is 6.84. The molecular weight excluding hydrogens is 490 g/mol. The van der Waals surface area contributed by atoms with Gasteiger partial charge < -0.3 is 15.1 Å². The van der Waals surface area contributed by atoms with Crippen molar-refractivity contribution in [3.8, 4) is 0 Å². The Morgan fingerprint density at radius 3 is 2.46 bits per heavy atom. The third-order valence-corrected chi connectivity index (χ3v) is 7.29. The Morgan fingerprint density at radius 1 is 0.971 bits per heavy atom. The van der Waals surface area contributed by atoms with Gasteiger partial charge in [0.2, 0.25) is 15.8 Å². The van der Waals surface area contributed by atoms with Crippen LogP contribution in [0.25, 0.3) is 11.0 Å². The third kappa shape index (κ3) is 5.22. The molecule has 10 heteroatoms. The Balaban J connectivity index is 1.60. The summed E-state index contributed by atoms with van der Waals surface area (Å²) in [7, 11) is -0.843. The molecule has 0 spiro atoms. The van der Waals surface area contributed by atoms with E-state index in [0.717, 1.165) is 4.31 Å². The molecule has 2 N–H and O–H groups in total. The normalized spacial score (nSPS) is 11.5. The van der Waals surface area contributed by atoms with Crippen molar-refractivity contribution in [2.45, 2.75) is 4.90 Å². The zero-order chi connectivity index (χ0) is 25.2. The molecule has 4 rings (SSSR count). The van der Waals surface area contributed by atoms with E-state index >= 15 is 0 Å². The van der Waals surface area contributed by atoms with Crippen molar-refractivity contribution in [2.24, 2.45) is 0 Å². The van der Waals surface area contributed by atoms with E-state index in [0.29, 0.717) is 27.4 Å². The van der Waals surface area contributed by atoms with Crippen LogP contribution in [0.1, 0.15) is 20.9 Å². The van der Waals surface area contributed by atoms with Crippen LogP contribution in [-0.2, 0) is 10.0 Å². The van der Waals surface area contributed by atoms with E-state index in [4.69, 9.17) is 16.0 Å². The quantitative estimate of drug-likeness (QED) is 0.326. The van der Waals surface area contributed by atoms with Gasteiger partial charge in [-0.05, 0) is 42.5 Å². The summed E-state index contributed by atoms with van der Waals surface area (Å²) < 4.78 is 31.7. The van der Waals surface area contributed by atoms with Crippen LogP contribution in [-0.4, -0.2) is 45.1 Å². The number of halogens is 1. The molecule has 1 amide bonds. The Hall–Kier alpha value is -3.66. The summed E-state index contributed by atoms with van der Waals surface area (Å²) in [6.45, 7) is -0.188. The Morgan fingerprint density at radius 2 is 1.71 bits per heavy atom. The van der Waals surface area contributed by atoms with E-state index in [1.807, 2.05) is 0 Å². The van der Waals surface area contributed by atoms with E-state index in [1.54, 1.807) is 54.6 Å². The van der Waals surface area contributed by atoms with Crippen LogP contribution in [0.5, 0.6) is 0 Å². The van der Waals surface area contributed by atoms with Crippen molar-refractivity contribution >= 4 is 55.7 Å². The van der Waals surface area contributed by atoms with Crippen LogP contribution in [0.4, 0.5) is 11.4 Å². The highest BCUT2D eigenvalue weighted by Crippen LogP contribution is 2.31. The number of amides is 1. The predicted octanol–water partition coefficient (Wildman–Crippen LogP) is 4.88. The number of hydrogen-bond acceptors (Lipinski definition) is 6. The molecule has 1 aromatic heterocycles. The molecule has 4 aromatic rings. The van der Waals surface area contributed by atoms with Gasteiger partial charge in [0.05, 0.1) is 17.1 Å². The minimum atomic E-state index is -3.69. The number of anilines is 2. The molecule has 0 saturated heterocycles. The van der Waals surface area contributed by atoms with Crippen LogP contribution in [0.2, 0.25) is 5.02 Å². The van der Waals surface area contributed by atoms with Crippen molar-refractivity contribution in [3.63, 3.8) is 0 Å². The van der Waals surface area contributed by atoms with Crippen molar-refractivity contribution in [3.05, 3.63) is 89.1 Å². The summed E-state index contributed by atoms with van der Waals surface area (Å²) in [6, 6.07) is 19.6. The highest BCUT2D eigenvalue weighted by atomic mass is 35.5. The van der Waals surface area contributed by atoms with Crippen molar-refractivity contribution in [2.75, 3.05) is 31.3 Å². The average molecular weight is 512 g/mol. The second-order valence-corrected chi connectivity index (χ2v) is 10.4. The number of carbonyl (C=O) groups is 2. The molecule has 1 heterocycles. The van der Waals surface area contributed by atoms with Crippen LogP contribution in [0.15, 0.2) is 82.1 Å². The lowest BCUT2D eigenvalue weighted by Crippen LogP contribution is -2.23. The highest BCUT2D eigenvalue weighted by molar-refractivity contribution is 7.89. The summed E-state index contributed by atoms with van der Waals surface area (Å²) in [5.41, 5.74) is 1.53. The largest absolute Gasteiger partial charge is 0.449 e. The first-order chi connectivity index (χ1) is 16.7. The lowest BCUT2D eigenvalue weighted by molar-refractivity contribution is 0.0990. The zero-order valence-electron chi connectivity index (χ0n) is 18.9. The fourth-order valence-corrected chi connectivity index (χ4v) is 4.58. The monoisotopic (exact) mass is 511 g/mol. The molecule has 0 aliphatic carbocycles. The Labute approximate surface area is 207 Å². The number of rotatable bonds is 8. The molecule has 0 unspecified atom stereocenters. The van der Waals surface area contributed by atoms with Gasteiger partial charge in [-0.25, -0.2) is 12.7 Å². The minimum absolute atomic E-state index is 0.00270. The summed E-state index contributed by atoms with van der Waals surface area (Å²) in [4.78, 5) is 25.9. The molecule has 0 radical (unpaired) electrons. The molecule has 0 atom stereocenters. The lowest BCUT2D eigenvalue weighted by Gasteiger charge is -2.12. The number of furan rings is 1. The average Bonchev–Trinajstić information content (AvgIpc) is 3.21. The number of hydrogen-bond donors (Lipinski definition) is 2. The van der Waals surface area contributed by atoms with E-state index in [1.165, 1.54) is 32.3 Å². The number of para-hydroxylation sites is 1. The Bertz CT molecular complexity index is 1530. The first-order valence-electron chi connectivity index (χ1n) is 10.5. The van der Waals surface area contributed by atoms with Gasteiger partial charge in [-0.3, -0.25) is 9.59 Å². The van der Waals surface area contributed by atoms with Crippen molar-refractivity contribution < 1.29 is 22.4 Å². The van der Waals surface area contributed by atoms with E-state index in [-0.39, 0.29) is 28.5 Å². The number of carbonyl (C=O) groups excluding carboxylic acids is 2. The lowest BCUT2D eigenvalue weighted by atomic mass is 10.1. The van der Waals surface area contributed by atoms with Gasteiger partial charge in [-0.1, -0.05) is 41.9 Å². The van der Waals surface area contributed by atoms with Gasteiger partial charge in [0.1, 0.15) is 5.58 Å². The molecular formula is C25H22ClN3O5S. The smallest absolute Gasteiger partial charge is 0.293 e. The molecule has 0 aliphatic rings. The summed E-state index contributed by atoms with van der Waals surface area (Å²) in [6.07, 6.45) is 0. The Kier molecular flexibility index (Phi) is 6.93. The molecule has 0 saturated carbocycles. The number of fused-ring (bicyclic) bond motifs is 1. The van der Waals surface area contributed by atoms with Crippen LogP contribution in [0.3, 0.4) is 0 Å². The summed E-state index contributed by atoms with van der Waals surface area (Å²) >= 11 is 6.00. The van der Waals surface area contributed by atoms with Crippen molar-refractivity contribution in [1.82, 2.24) is 4.31 Å². The van der Waals surface area contributed by atoms with Gasteiger partial charge in [-0.15, -0.1) is 0 Å². The highest BCUT2D eigenvalue weighted by Gasteiger charge is 2.23. The maximum atomic E-state index is 13.0. The number of benzene rings is 3. The maximum Gasteiger partial charge on any atom is 0.293 e. The maximum absolute atomic E-state index is 13.0. The van der Waals surface area contributed by atoms with E-state index < -0.39 is 15.9 Å². The standard InChI is InChI=1S/C25H22ClN3O5S/c1-29(2)35(32,33)19-10-5-7-16(13-19)21(30)15-27-23-20-11-3-4-12-22(20)34-24(23)25(31)28-18-9-6-8-17(26)14-18/h3-14,27H,15H2,1-2H3,(H,28,31). The summed E-state index contributed by atoms with van der Waals surface area (Å²) in [5.74, 6) is -0.868. The second kappa shape index (κ2) is 9.91. The third-order valence-electron chi connectivity index (χ3n) is 5.24. The number of nitrogens with zero attached hydrogens (tertiary/aromatic N) is 1. The van der Waals surface area contributed by atoms with Gasteiger partial charge in [0, 0.05) is 35.8 Å². The van der Waals surface area contributed by atoms with Crippen LogP contribution in [0, 0.1) is 0 Å². The first-order valence-corrected chi connectivity index (χ1v) is 12.4. The second-order valence-electron chi connectivity index (χ2n) is 7.86. The zero-order valence-corrected chi connectivity index (χ0v) is 20.5. The fourth-order valence-electron chi connectivity index (χ4n) is 3.45. The van der Waals surface area contributed by atoms with Crippen LogP contribution >= 0.6 is 11.6 Å².